The molecule has 82 valence electrons. The van der Waals surface area contributed by atoms with E-state index in [2.05, 4.69) is 4.98 Å². The number of rotatable bonds is 3. The minimum atomic E-state index is -0.250. The second kappa shape index (κ2) is 4.99. The Hall–Kier alpha value is -1.55. The molecule has 2 aromatic rings. The molecule has 0 radical (unpaired) electrons. The van der Waals surface area contributed by atoms with Crippen molar-refractivity contribution in [1.29, 1.82) is 0 Å². The highest BCUT2D eigenvalue weighted by atomic mass is 32.2. The van der Waals surface area contributed by atoms with E-state index in [1.165, 1.54) is 12.1 Å². The van der Waals surface area contributed by atoms with Crippen molar-refractivity contribution >= 4 is 17.4 Å². The van der Waals surface area contributed by atoms with Gasteiger partial charge in [0.05, 0.1) is 0 Å². The van der Waals surface area contributed by atoms with Gasteiger partial charge in [-0.1, -0.05) is 0 Å². The summed E-state index contributed by atoms with van der Waals surface area (Å²) < 4.78 is 13.0. The lowest BCUT2D eigenvalue weighted by Crippen LogP contribution is -1.93. The summed E-state index contributed by atoms with van der Waals surface area (Å²) in [4.78, 5) is 5.03. The number of anilines is 1. The standard InChI is InChI=1S/C12H11FN2S/c13-10-1-2-12(14)9(7-10)8-16-11-3-5-15-6-4-11/h1-7H,8,14H2. The maximum atomic E-state index is 13.0. The molecule has 0 aliphatic rings. The van der Waals surface area contributed by atoms with Crippen LogP contribution in [-0.4, -0.2) is 4.98 Å². The van der Waals surface area contributed by atoms with Gasteiger partial charge in [-0.05, 0) is 35.9 Å². The van der Waals surface area contributed by atoms with Crippen LogP contribution in [0.5, 0.6) is 0 Å². The van der Waals surface area contributed by atoms with Gasteiger partial charge in [-0.3, -0.25) is 4.98 Å². The van der Waals surface area contributed by atoms with Crippen molar-refractivity contribution in [1.82, 2.24) is 4.98 Å². The number of halogens is 1. The summed E-state index contributed by atoms with van der Waals surface area (Å²) >= 11 is 1.61. The van der Waals surface area contributed by atoms with Crippen molar-refractivity contribution in [3.8, 4) is 0 Å². The average Bonchev–Trinajstić information content (AvgIpc) is 2.32. The van der Waals surface area contributed by atoms with Crippen molar-refractivity contribution < 1.29 is 4.39 Å². The molecule has 0 saturated heterocycles. The number of pyridine rings is 1. The first-order valence-electron chi connectivity index (χ1n) is 4.82. The van der Waals surface area contributed by atoms with E-state index < -0.39 is 0 Å². The molecule has 2 rings (SSSR count). The number of hydrogen-bond acceptors (Lipinski definition) is 3. The molecule has 0 saturated carbocycles. The molecule has 0 aliphatic carbocycles. The van der Waals surface area contributed by atoms with Crippen molar-refractivity contribution in [3.05, 3.63) is 54.1 Å². The van der Waals surface area contributed by atoms with Gasteiger partial charge in [0.25, 0.3) is 0 Å². The Labute approximate surface area is 97.7 Å². The fourth-order valence-corrected chi connectivity index (χ4v) is 2.18. The summed E-state index contributed by atoms with van der Waals surface area (Å²) in [6.45, 7) is 0. The van der Waals surface area contributed by atoms with Crippen LogP contribution < -0.4 is 5.73 Å². The second-order valence-corrected chi connectivity index (χ2v) is 4.36. The molecule has 0 unspecified atom stereocenters. The molecule has 0 bridgehead atoms. The lowest BCUT2D eigenvalue weighted by atomic mass is 10.2. The molecule has 0 spiro atoms. The van der Waals surface area contributed by atoms with E-state index in [9.17, 15) is 4.39 Å². The first-order valence-corrected chi connectivity index (χ1v) is 5.81. The fourth-order valence-electron chi connectivity index (χ4n) is 1.29. The highest BCUT2D eigenvalue weighted by molar-refractivity contribution is 7.98. The zero-order valence-corrected chi connectivity index (χ0v) is 9.38. The smallest absolute Gasteiger partial charge is 0.123 e. The first-order chi connectivity index (χ1) is 7.75. The van der Waals surface area contributed by atoms with Crippen molar-refractivity contribution in [2.45, 2.75) is 10.6 Å². The monoisotopic (exact) mass is 234 g/mol. The fraction of sp³-hybridized carbons (Fsp3) is 0.0833. The van der Waals surface area contributed by atoms with Gasteiger partial charge in [0, 0.05) is 28.7 Å². The van der Waals surface area contributed by atoms with Crippen LogP contribution in [0.4, 0.5) is 10.1 Å². The Bertz CT molecular complexity index is 474. The van der Waals surface area contributed by atoms with Gasteiger partial charge in [0.1, 0.15) is 5.82 Å². The van der Waals surface area contributed by atoms with E-state index >= 15 is 0 Å². The zero-order valence-electron chi connectivity index (χ0n) is 8.56. The lowest BCUT2D eigenvalue weighted by molar-refractivity contribution is 0.627. The van der Waals surface area contributed by atoms with Crippen LogP contribution in [0, 0.1) is 5.82 Å². The molecule has 16 heavy (non-hydrogen) atoms. The topological polar surface area (TPSA) is 38.9 Å². The van der Waals surface area contributed by atoms with Gasteiger partial charge in [-0.25, -0.2) is 4.39 Å². The molecule has 2 nitrogen and oxygen atoms in total. The minimum Gasteiger partial charge on any atom is -0.398 e. The predicted molar refractivity (Wildman–Crippen MR) is 64.6 cm³/mol. The molecule has 1 aromatic carbocycles. The summed E-state index contributed by atoms with van der Waals surface area (Å²) in [7, 11) is 0. The third-order valence-corrected chi connectivity index (χ3v) is 3.21. The Morgan fingerprint density at radius 3 is 2.69 bits per heavy atom. The molecular weight excluding hydrogens is 223 g/mol. The van der Waals surface area contributed by atoms with E-state index in [1.807, 2.05) is 12.1 Å². The second-order valence-electron chi connectivity index (χ2n) is 3.31. The van der Waals surface area contributed by atoms with Crippen LogP contribution >= 0.6 is 11.8 Å². The zero-order chi connectivity index (χ0) is 11.4. The molecule has 0 amide bonds. The van der Waals surface area contributed by atoms with Crippen molar-refractivity contribution in [3.63, 3.8) is 0 Å². The maximum Gasteiger partial charge on any atom is 0.123 e. The van der Waals surface area contributed by atoms with Crippen LogP contribution in [0.1, 0.15) is 5.56 Å². The number of hydrogen-bond donors (Lipinski definition) is 1. The van der Waals surface area contributed by atoms with Crippen molar-refractivity contribution in [2.75, 3.05) is 5.73 Å². The van der Waals surface area contributed by atoms with Gasteiger partial charge in [-0.15, -0.1) is 11.8 Å². The Balaban J connectivity index is 2.08. The number of aromatic nitrogens is 1. The van der Waals surface area contributed by atoms with E-state index in [-0.39, 0.29) is 5.82 Å². The molecule has 2 N–H and O–H groups in total. The largest absolute Gasteiger partial charge is 0.398 e. The normalized spacial score (nSPS) is 10.3. The number of thioether (sulfide) groups is 1. The Kier molecular flexibility index (Phi) is 3.41. The van der Waals surface area contributed by atoms with Crippen LogP contribution in [0.3, 0.4) is 0 Å². The Morgan fingerprint density at radius 2 is 1.94 bits per heavy atom. The van der Waals surface area contributed by atoms with Crippen LogP contribution in [-0.2, 0) is 5.75 Å². The van der Waals surface area contributed by atoms with Gasteiger partial charge in [0.2, 0.25) is 0 Å². The quantitative estimate of drug-likeness (QED) is 0.655. The van der Waals surface area contributed by atoms with Crippen LogP contribution in [0.15, 0.2) is 47.6 Å². The third-order valence-electron chi connectivity index (χ3n) is 2.15. The highest BCUT2D eigenvalue weighted by Gasteiger charge is 2.02. The maximum absolute atomic E-state index is 13.0. The van der Waals surface area contributed by atoms with E-state index in [4.69, 9.17) is 5.73 Å². The molecule has 1 aromatic heterocycles. The highest BCUT2D eigenvalue weighted by Crippen LogP contribution is 2.25. The van der Waals surface area contributed by atoms with E-state index in [1.54, 1.807) is 30.2 Å². The third kappa shape index (κ3) is 2.73. The molecule has 0 fully saturated rings. The number of nitrogen functional groups attached to an aromatic ring is 1. The van der Waals surface area contributed by atoms with E-state index in [0.29, 0.717) is 11.4 Å². The minimum absolute atomic E-state index is 0.250. The summed E-state index contributed by atoms with van der Waals surface area (Å²) in [5.74, 6) is 0.410. The van der Waals surface area contributed by atoms with Gasteiger partial charge < -0.3 is 5.73 Å². The van der Waals surface area contributed by atoms with Gasteiger partial charge >= 0.3 is 0 Å². The van der Waals surface area contributed by atoms with Gasteiger partial charge in [0.15, 0.2) is 0 Å². The van der Waals surface area contributed by atoms with E-state index in [0.717, 1.165) is 10.5 Å². The first kappa shape index (κ1) is 11.0. The summed E-state index contributed by atoms with van der Waals surface area (Å²) in [5.41, 5.74) is 7.21. The summed E-state index contributed by atoms with van der Waals surface area (Å²) in [6.07, 6.45) is 3.47. The Morgan fingerprint density at radius 1 is 1.19 bits per heavy atom. The molecule has 0 atom stereocenters. The van der Waals surface area contributed by atoms with Gasteiger partial charge in [-0.2, -0.15) is 0 Å². The molecule has 1 heterocycles. The molecular formula is C12H11FN2S. The summed E-state index contributed by atoms with van der Waals surface area (Å²) in [5, 5.41) is 0. The van der Waals surface area contributed by atoms with Crippen LogP contribution in [0.2, 0.25) is 0 Å². The summed E-state index contributed by atoms with van der Waals surface area (Å²) in [6, 6.07) is 8.28. The number of nitrogens with two attached hydrogens (primary N) is 1. The van der Waals surface area contributed by atoms with Crippen LogP contribution in [0.25, 0.3) is 0 Å². The molecule has 4 heteroatoms. The molecule has 0 aliphatic heterocycles. The SMILES string of the molecule is Nc1ccc(F)cc1CSc1ccncc1. The number of benzene rings is 1. The average molecular weight is 234 g/mol. The van der Waals surface area contributed by atoms with Crippen molar-refractivity contribution in [2.24, 2.45) is 0 Å². The lowest BCUT2D eigenvalue weighted by Gasteiger charge is -2.05. The number of nitrogens with zero attached hydrogens (tertiary/aromatic N) is 1. The predicted octanol–water partition coefficient (Wildman–Crippen LogP) is 3.10.